The summed E-state index contributed by atoms with van der Waals surface area (Å²) in [6.07, 6.45) is 0. The van der Waals surface area contributed by atoms with Crippen molar-refractivity contribution in [2.24, 2.45) is 40.9 Å². The minimum Gasteiger partial charge on any atom is -0.871 e. The number of nitrogens with zero attached hydrogens (tertiary/aromatic N) is 8. The Hall–Kier alpha value is -3.90. The number of methoxy groups -OCH3 is 2. The van der Waals surface area contributed by atoms with Crippen LogP contribution in [0.1, 0.15) is 11.1 Å². The van der Waals surface area contributed by atoms with Crippen LogP contribution in [0.4, 0.5) is 56.9 Å². The maximum atomic E-state index is 14.0. The van der Waals surface area contributed by atoms with Crippen LogP contribution in [0.15, 0.2) is 204 Å². The Labute approximate surface area is 696 Å². The van der Waals surface area contributed by atoms with E-state index in [9.17, 15) is 88.0 Å². The van der Waals surface area contributed by atoms with Crippen LogP contribution in [0.2, 0.25) is 0 Å². The first-order chi connectivity index (χ1) is 43.4. The second kappa shape index (κ2) is 33.9. The Balaban J connectivity index is 0.00000347. The maximum absolute atomic E-state index is 14.0. The summed E-state index contributed by atoms with van der Waals surface area (Å²) in [4.78, 5) is -5.37. The number of benzene rings is 10. The van der Waals surface area contributed by atoms with Gasteiger partial charge in [0.15, 0.2) is 0 Å². The molecule has 0 fully saturated rings. The van der Waals surface area contributed by atoms with Gasteiger partial charge in [-0.1, -0.05) is 47.9 Å². The quantitative estimate of drug-likeness (QED) is 0.0408. The summed E-state index contributed by atoms with van der Waals surface area (Å²) < 4.78 is 228. The molecule has 0 aliphatic carbocycles. The van der Waals surface area contributed by atoms with Gasteiger partial charge in [0.1, 0.15) is 73.1 Å². The van der Waals surface area contributed by atoms with E-state index >= 15 is 0 Å². The van der Waals surface area contributed by atoms with E-state index in [1.807, 2.05) is 0 Å². The summed E-state index contributed by atoms with van der Waals surface area (Å²) in [5.41, 5.74) is -1.71. The molecule has 10 aromatic carbocycles. The van der Waals surface area contributed by atoms with E-state index in [-0.39, 0.29) is 278 Å². The van der Waals surface area contributed by atoms with Crippen molar-refractivity contribution in [3.63, 3.8) is 0 Å². The number of rotatable bonds is 18. The molecule has 0 unspecified atom stereocenters. The number of hydrogen-bond donors (Lipinski definition) is 3. The summed E-state index contributed by atoms with van der Waals surface area (Å²) >= 11 is 0. The number of aryl methyl sites for hydroxylation is 2. The van der Waals surface area contributed by atoms with Gasteiger partial charge in [0, 0.05) is 45.1 Å². The van der Waals surface area contributed by atoms with Crippen molar-refractivity contribution in [3.8, 4) is 23.0 Å². The molecule has 10 rings (SSSR count). The van der Waals surface area contributed by atoms with Crippen LogP contribution in [0.3, 0.4) is 0 Å². The Bertz CT molecular complexity index is 5440. The fraction of sp³-hybridized carbons (Fsp3) is 0.0714. The van der Waals surface area contributed by atoms with Crippen molar-refractivity contribution in [1.82, 2.24) is 0 Å². The van der Waals surface area contributed by atoms with Gasteiger partial charge in [0.05, 0.1) is 67.9 Å². The molecule has 0 amide bonds. The van der Waals surface area contributed by atoms with Crippen molar-refractivity contribution >= 4 is 161 Å². The van der Waals surface area contributed by atoms with Gasteiger partial charge in [-0.3, -0.25) is 9.11 Å². The summed E-state index contributed by atoms with van der Waals surface area (Å²) in [5.74, 6) is -2.26. The molecule has 0 bridgehead atoms. The molecule has 480 valence electrons. The molecule has 0 aromatic heterocycles. The molecule has 0 aliphatic heterocycles. The van der Waals surface area contributed by atoms with Crippen LogP contribution in [-0.2, 0) is 60.7 Å². The van der Waals surface area contributed by atoms with Crippen LogP contribution in [0, 0.1) is 13.8 Å². The first-order valence-electron chi connectivity index (χ1n) is 25.7. The standard InChI is InChI=1S/C56H43N9O22S6.6Na/c1-27-15-43(45(86-3)25-41(27)60-58-33-21-39-37(49(23-33)90(74,75)76)7-5-9-47(39)88(68,69)70)62-64-53-51(92(80,81)82)19-29-17-31(11-13-35(29)55(53)66)57-32-12-14-36-30(18-32)20-52(93(83,84)85)54(56(36)67)65-63-44-16-28(2)42(26-46(44)87-4)61-59-34-22-40-38(50(24-34)91(77,78)79)8-6-10-48(40)89(71,72)73;;;;;;/h5-26,57,66-67H,1-4H3,(H,68,69,70)(H,71,72,73)(H,74,75,76)(H,77,78,79)(H,80,81,82)(H,83,84,85);;;;;;/q;6*+1/p-6. The first kappa shape index (κ1) is 87.5. The van der Waals surface area contributed by atoms with E-state index in [1.165, 1.54) is 88.7 Å². The smallest absolute Gasteiger partial charge is 0.871 e. The molecule has 0 aliphatic rings. The molecular formula is C56H37N9Na6O22S6. The van der Waals surface area contributed by atoms with Crippen molar-refractivity contribution < 1.29 is 275 Å². The van der Waals surface area contributed by atoms with Gasteiger partial charge >= 0.3 is 177 Å². The zero-order valence-corrected chi connectivity index (χ0v) is 70.2. The maximum Gasteiger partial charge on any atom is 1.00 e. The first-order valence-corrected chi connectivity index (χ1v) is 34.2. The van der Waals surface area contributed by atoms with Gasteiger partial charge in [-0.05, 0) is 131 Å². The number of azo groups is 4. The van der Waals surface area contributed by atoms with E-state index in [0.717, 1.165) is 72.8 Å². The summed E-state index contributed by atoms with van der Waals surface area (Å²) in [6, 6.07) is 24.9. The second-order valence-electron chi connectivity index (χ2n) is 19.9. The molecule has 0 saturated carbocycles. The van der Waals surface area contributed by atoms with Crippen LogP contribution in [0.25, 0.3) is 43.1 Å². The fourth-order valence-electron chi connectivity index (χ4n) is 9.62. The number of fused-ring (bicyclic) bond motifs is 4. The molecule has 31 nitrogen and oxygen atoms in total. The predicted octanol–water partition coefficient (Wildman–Crippen LogP) is -7.38. The molecule has 43 heteroatoms. The monoisotopic (exact) mass is 1520 g/mol. The van der Waals surface area contributed by atoms with E-state index < -0.39 is 124 Å². The minimum atomic E-state index is -5.25. The average Bonchev–Trinajstić information content (AvgIpc) is 0.781. The third kappa shape index (κ3) is 19.5. The van der Waals surface area contributed by atoms with Crippen LogP contribution < -0.4 is 202 Å². The molecule has 99 heavy (non-hydrogen) atoms. The summed E-state index contributed by atoms with van der Waals surface area (Å²) in [7, 11) is -28.9. The molecule has 0 heterocycles. The summed E-state index contributed by atoms with van der Waals surface area (Å²) in [5, 5.41) is 61.0. The number of ether oxygens (including phenoxy) is 2. The zero-order valence-electron chi connectivity index (χ0n) is 53.3. The number of nitrogens with one attached hydrogen (secondary N) is 1. The van der Waals surface area contributed by atoms with Gasteiger partial charge in [0.25, 0.3) is 20.2 Å². The van der Waals surface area contributed by atoms with Crippen molar-refractivity contribution in [2.45, 2.75) is 43.2 Å². The van der Waals surface area contributed by atoms with Crippen LogP contribution in [-0.4, -0.2) is 92.0 Å². The molecule has 0 atom stereocenters. The third-order valence-electron chi connectivity index (χ3n) is 13.8. The third-order valence-corrected chi connectivity index (χ3v) is 19.1. The van der Waals surface area contributed by atoms with E-state index in [2.05, 4.69) is 46.2 Å². The topological polar surface area (TPSA) is 513 Å². The molecule has 0 radical (unpaired) electrons. The van der Waals surface area contributed by atoms with Gasteiger partial charge in [-0.2, -0.15) is 37.3 Å². The van der Waals surface area contributed by atoms with Crippen molar-refractivity contribution in [3.05, 3.63) is 145 Å². The molecule has 3 N–H and O–H groups in total. The van der Waals surface area contributed by atoms with Crippen LogP contribution >= 0.6 is 0 Å². The zero-order chi connectivity index (χ0) is 67.7. The van der Waals surface area contributed by atoms with Gasteiger partial charge in [-0.15, -0.1) is 20.5 Å². The predicted molar refractivity (Wildman–Crippen MR) is 322 cm³/mol. The normalized spacial score (nSPS) is 12.3. The Morgan fingerprint density at radius 1 is 0.354 bits per heavy atom. The number of hydrogen-bond acceptors (Lipinski definition) is 29. The van der Waals surface area contributed by atoms with Crippen molar-refractivity contribution in [2.75, 3.05) is 19.5 Å². The molecule has 0 spiro atoms. The SMILES string of the molecule is COc1cc(N=Nc2cc(S(=O)(=O)[O-])c3cccc(S(=O)(=O)[O-])c3c2)c(C)cc1N=Nc1c(S(=O)(=O)O)cc2cc(Nc3ccc4c([O-])c(N=Nc5cc(C)c(N=Nc6cc(S(=O)(=O)[O-])c7cccc(S(=O)(=O)[O-])c7c6)cc5OC)c(S(=O)(=O)O)cc4c3)ccc2c1[O-].[Na+].[Na+].[Na+].[Na+].[Na+].[Na+]. The molecular weight excluding hydrogens is 1480 g/mol. The van der Waals surface area contributed by atoms with Gasteiger partial charge in [-0.25, -0.2) is 33.7 Å². The fourth-order valence-corrected chi connectivity index (χ4v) is 13.7. The van der Waals surface area contributed by atoms with Crippen LogP contribution in [0.5, 0.6) is 23.0 Å². The Kier molecular flexibility index (Phi) is 30.0. The largest absolute Gasteiger partial charge is 1.00 e. The second-order valence-corrected chi connectivity index (χ2v) is 28.1. The van der Waals surface area contributed by atoms with Gasteiger partial charge < -0.3 is 43.2 Å². The Morgan fingerprint density at radius 3 is 1.00 bits per heavy atom. The van der Waals surface area contributed by atoms with E-state index in [0.29, 0.717) is 0 Å². The van der Waals surface area contributed by atoms with E-state index in [1.54, 1.807) is 0 Å². The average molecular weight is 1520 g/mol. The number of anilines is 2. The minimum absolute atomic E-state index is 0. The Morgan fingerprint density at radius 2 is 0.687 bits per heavy atom. The molecule has 10 aromatic rings. The van der Waals surface area contributed by atoms with Gasteiger partial charge in [0.2, 0.25) is 0 Å². The summed E-state index contributed by atoms with van der Waals surface area (Å²) in [6.45, 7) is 2.97. The molecule has 0 saturated heterocycles. The van der Waals surface area contributed by atoms with Crippen molar-refractivity contribution in [1.29, 1.82) is 0 Å². The van der Waals surface area contributed by atoms with E-state index in [4.69, 9.17) is 9.47 Å².